The summed E-state index contributed by atoms with van der Waals surface area (Å²) in [5, 5.41) is 8.04. The van der Waals surface area contributed by atoms with Crippen LogP contribution in [0.1, 0.15) is 11.5 Å². The van der Waals surface area contributed by atoms with Crippen LogP contribution in [-0.2, 0) is 13.0 Å². The van der Waals surface area contributed by atoms with E-state index in [1.165, 1.54) is 0 Å². The van der Waals surface area contributed by atoms with Crippen LogP contribution in [0.5, 0.6) is 17.2 Å². The molecule has 0 fully saturated rings. The van der Waals surface area contributed by atoms with Crippen LogP contribution in [0.15, 0.2) is 40.9 Å². The zero-order valence-electron chi connectivity index (χ0n) is 14.7. The van der Waals surface area contributed by atoms with Crippen molar-refractivity contribution in [2.45, 2.75) is 13.0 Å². The molecule has 0 saturated carbocycles. The van der Waals surface area contributed by atoms with E-state index < -0.39 is 0 Å². The first-order chi connectivity index (χ1) is 13.2. The number of halogens is 1. The summed E-state index contributed by atoms with van der Waals surface area (Å²) >= 11 is 5.89. The number of hydrogen-bond acceptors (Lipinski definition) is 7. The highest BCUT2D eigenvalue weighted by Gasteiger charge is 2.19. The molecule has 1 aromatic heterocycles. The average molecular weight is 388 g/mol. The maximum Gasteiger partial charge on any atom is 0.231 e. The lowest BCUT2D eigenvalue weighted by Gasteiger charge is -2.08. The Balaban J connectivity index is 1.31. The van der Waals surface area contributed by atoms with Gasteiger partial charge in [0.05, 0.1) is 7.11 Å². The highest BCUT2D eigenvalue weighted by Crippen LogP contribution is 2.41. The van der Waals surface area contributed by atoms with E-state index in [0.717, 1.165) is 11.1 Å². The summed E-state index contributed by atoms with van der Waals surface area (Å²) in [5.74, 6) is 3.17. The molecule has 4 rings (SSSR count). The van der Waals surface area contributed by atoms with E-state index >= 15 is 0 Å². The largest absolute Gasteiger partial charge is 0.493 e. The first-order valence-electron chi connectivity index (χ1n) is 8.48. The summed E-state index contributed by atoms with van der Waals surface area (Å²) in [6.07, 6.45) is 0.627. The average Bonchev–Trinajstić information content (AvgIpc) is 3.34. The fourth-order valence-electron chi connectivity index (χ4n) is 2.79. The van der Waals surface area contributed by atoms with E-state index in [2.05, 4.69) is 15.5 Å². The number of hydrogen-bond donors (Lipinski definition) is 1. The Morgan fingerprint density at radius 2 is 2.04 bits per heavy atom. The number of methoxy groups -OCH3 is 1. The normalized spacial score (nSPS) is 12.4. The van der Waals surface area contributed by atoms with Crippen LogP contribution < -0.4 is 19.5 Å². The second kappa shape index (κ2) is 7.85. The summed E-state index contributed by atoms with van der Waals surface area (Å²) in [6.45, 7) is 1.57. The van der Waals surface area contributed by atoms with Crippen LogP contribution in [-0.4, -0.2) is 30.6 Å². The van der Waals surface area contributed by atoms with Crippen molar-refractivity contribution in [3.63, 3.8) is 0 Å². The number of ether oxygens (including phenoxy) is 3. The summed E-state index contributed by atoms with van der Waals surface area (Å²) in [4.78, 5) is 4.41. The van der Waals surface area contributed by atoms with Gasteiger partial charge in [0.15, 0.2) is 11.5 Å². The fraction of sp³-hybridized carbons (Fsp3) is 0.263. The number of fused-ring (bicyclic) bond motifs is 1. The van der Waals surface area contributed by atoms with Crippen LogP contribution in [0.2, 0.25) is 5.02 Å². The second-order valence-electron chi connectivity index (χ2n) is 5.98. The number of rotatable bonds is 7. The third-order valence-electron chi connectivity index (χ3n) is 4.13. The monoisotopic (exact) mass is 387 g/mol. The Morgan fingerprint density at radius 3 is 2.85 bits per heavy atom. The predicted molar refractivity (Wildman–Crippen MR) is 99.3 cm³/mol. The molecule has 3 aromatic rings. The van der Waals surface area contributed by atoms with E-state index in [0.29, 0.717) is 53.5 Å². The van der Waals surface area contributed by atoms with E-state index in [1.807, 2.05) is 24.3 Å². The van der Waals surface area contributed by atoms with Crippen molar-refractivity contribution >= 4 is 11.6 Å². The number of nitrogens with zero attached hydrogens (tertiary/aromatic N) is 2. The van der Waals surface area contributed by atoms with Crippen LogP contribution in [0.25, 0.3) is 11.4 Å². The Morgan fingerprint density at radius 1 is 1.19 bits per heavy atom. The first-order valence-corrected chi connectivity index (χ1v) is 8.86. The van der Waals surface area contributed by atoms with Gasteiger partial charge in [0.1, 0.15) is 0 Å². The van der Waals surface area contributed by atoms with Crippen LogP contribution in [0, 0.1) is 0 Å². The zero-order valence-corrected chi connectivity index (χ0v) is 15.5. The molecule has 140 valence electrons. The Labute approximate surface area is 161 Å². The minimum atomic E-state index is 0.218. The summed E-state index contributed by atoms with van der Waals surface area (Å²) in [5.41, 5.74) is 1.92. The van der Waals surface area contributed by atoms with Gasteiger partial charge in [-0.25, -0.2) is 0 Å². The minimum Gasteiger partial charge on any atom is -0.493 e. The summed E-state index contributed by atoms with van der Waals surface area (Å²) < 4.78 is 21.5. The molecular formula is C19H18ClN3O4. The molecule has 27 heavy (non-hydrogen) atoms. The topological polar surface area (TPSA) is 78.6 Å². The molecule has 0 unspecified atom stereocenters. The highest BCUT2D eigenvalue weighted by molar-refractivity contribution is 6.30. The Kier molecular flexibility index (Phi) is 5.13. The van der Waals surface area contributed by atoms with Gasteiger partial charge in [-0.3, -0.25) is 0 Å². The quantitative estimate of drug-likeness (QED) is 0.622. The molecule has 0 amide bonds. The molecule has 0 aliphatic carbocycles. The van der Waals surface area contributed by atoms with Crippen LogP contribution >= 0.6 is 11.6 Å². The van der Waals surface area contributed by atoms with E-state index in [1.54, 1.807) is 19.2 Å². The fourth-order valence-corrected chi connectivity index (χ4v) is 2.91. The van der Waals surface area contributed by atoms with Gasteiger partial charge < -0.3 is 24.1 Å². The SMILES string of the molecule is COc1cc(CNCCc2nc(-c3ccc(Cl)cc3)no2)cc2c1OCO2. The third kappa shape index (κ3) is 3.99. The highest BCUT2D eigenvalue weighted by atomic mass is 35.5. The van der Waals surface area contributed by atoms with Crippen molar-refractivity contribution < 1.29 is 18.7 Å². The van der Waals surface area contributed by atoms with Crippen LogP contribution in [0.4, 0.5) is 0 Å². The Bertz CT molecular complexity index is 927. The van der Waals surface area contributed by atoms with Crippen molar-refractivity contribution in [1.29, 1.82) is 0 Å². The summed E-state index contributed by atoms with van der Waals surface area (Å²) in [6, 6.07) is 11.2. The predicted octanol–water partition coefficient (Wildman–Crippen LogP) is 3.46. The van der Waals surface area contributed by atoms with Gasteiger partial charge in [-0.05, 0) is 42.0 Å². The molecule has 1 aliphatic rings. The molecule has 0 radical (unpaired) electrons. The van der Waals surface area contributed by atoms with Gasteiger partial charge in [0.2, 0.25) is 24.3 Å². The molecular weight excluding hydrogens is 370 g/mol. The maximum atomic E-state index is 5.89. The van der Waals surface area contributed by atoms with E-state index in [9.17, 15) is 0 Å². The van der Waals surface area contributed by atoms with E-state index in [4.69, 9.17) is 30.3 Å². The number of nitrogens with one attached hydrogen (secondary N) is 1. The van der Waals surface area contributed by atoms with Gasteiger partial charge in [-0.1, -0.05) is 16.8 Å². The molecule has 0 saturated heterocycles. The molecule has 0 spiro atoms. The molecule has 2 heterocycles. The lowest BCUT2D eigenvalue weighted by Crippen LogP contribution is -2.16. The maximum absolute atomic E-state index is 5.89. The van der Waals surface area contributed by atoms with Crippen molar-refractivity contribution in [2.24, 2.45) is 0 Å². The Hall–Kier alpha value is -2.77. The van der Waals surface area contributed by atoms with Crippen molar-refractivity contribution in [3.8, 4) is 28.6 Å². The standard InChI is InChI=1S/C19H18ClN3O4/c1-24-15-8-12(9-16-18(15)26-11-25-16)10-21-7-6-17-22-19(23-27-17)13-2-4-14(20)5-3-13/h2-5,8-9,21H,6-7,10-11H2,1H3. The van der Waals surface area contributed by atoms with Crippen molar-refractivity contribution in [3.05, 3.63) is 52.9 Å². The third-order valence-corrected chi connectivity index (χ3v) is 4.39. The van der Waals surface area contributed by atoms with Gasteiger partial charge >= 0.3 is 0 Å². The molecule has 7 nitrogen and oxygen atoms in total. The molecule has 1 N–H and O–H groups in total. The van der Waals surface area contributed by atoms with Crippen molar-refractivity contribution in [2.75, 3.05) is 20.4 Å². The lowest BCUT2D eigenvalue weighted by atomic mass is 10.2. The molecule has 1 aliphatic heterocycles. The second-order valence-corrected chi connectivity index (χ2v) is 6.41. The molecule has 0 bridgehead atoms. The molecule has 8 heteroatoms. The minimum absolute atomic E-state index is 0.218. The molecule has 0 atom stereocenters. The summed E-state index contributed by atoms with van der Waals surface area (Å²) in [7, 11) is 1.61. The van der Waals surface area contributed by atoms with Gasteiger partial charge in [-0.15, -0.1) is 0 Å². The van der Waals surface area contributed by atoms with Gasteiger partial charge in [0, 0.05) is 30.1 Å². The number of benzene rings is 2. The lowest BCUT2D eigenvalue weighted by molar-refractivity contribution is 0.171. The first kappa shape index (κ1) is 17.6. The zero-order chi connectivity index (χ0) is 18.6. The van der Waals surface area contributed by atoms with Crippen molar-refractivity contribution in [1.82, 2.24) is 15.5 Å². The molecule has 2 aromatic carbocycles. The van der Waals surface area contributed by atoms with Crippen LogP contribution in [0.3, 0.4) is 0 Å². The van der Waals surface area contributed by atoms with Gasteiger partial charge in [-0.2, -0.15) is 4.98 Å². The smallest absolute Gasteiger partial charge is 0.231 e. The number of aromatic nitrogens is 2. The van der Waals surface area contributed by atoms with E-state index in [-0.39, 0.29) is 6.79 Å². The van der Waals surface area contributed by atoms with Gasteiger partial charge in [0.25, 0.3) is 0 Å².